The van der Waals surface area contributed by atoms with Crippen LogP contribution in [0.1, 0.15) is 49.5 Å². The van der Waals surface area contributed by atoms with Crippen molar-refractivity contribution in [3.8, 4) is 23.0 Å². The number of pyridine rings is 4. The van der Waals surface area contributed by atoms with Crippen LogP contribution in [0.4, 0.5) is 0 Å². The number of hydrogen-bond acceptors (Lipinski definition) is 12. The molecule has 4 heterocycles. The number of rotatable bonds is 14. The topological polar surface area (TPSA) is 141 Å². The van der Waals surface area contributed by atoms with E-state index < -0.39 is 52.0 Å². The summed E-state index contributed by atoms with van der Waals surface area (Å²) in [6, 6.07) is 37.8. The fourth-order valence-corrected chi connectivity index (χ4v) is 12.1. The Bertz CT molecular complexity index is 2580. The van der Waals surface area contributed by atoms with Crippen molar-refractivity contribution in [3.05, 3.63) is 144 Å². The van der Waals surface area contributed by atoms with Crippen LogP contribution in [-0.4, -0.2) is 66.5 Å². The number of hydrogen-bond donors (Lipinski definition) is 0. The third-order valence-corrected chi connectivity index (χ3v) is 15.5. The number of benzene rings is 4. The van der Waals surface area contributed by atoms with Crippen molar-refractivity contribution in [2.75, 3.05) is 0 Å². The predicted octanol–water partition coefficient (Wildman–Crippen LogP) is 9.59. The molecule has 4 aromatic carbocycles. The van der Waals surface area contributed by atoms with Gasteiger partial charge in [-0.2, -0.15) is 0 Å². The fraction of sp³-hybridized carbons (Fsp3) is 0.191. The summed E-state index contributed by atoms with van der Waals surface area (Å²) < 4.78 is 38.2. The SMILES string of the molecule is Cc1ccc2cccc([O][Ga]([O]C(=O)CC(C)(C)CC(=O)[O][Ga]([O]c3cccc4ccc(C)nc34)[O]c3cccc4ccc(C)nc34)[O]c3cccc4ccc(C)nc34)c2n1. The van der Waals surface area contributed by atoms with E-state index >= 15 is 0 Å². The quantitative estimate of drug-likeness (QED) is 0.0960. The second-order valence-electron chi connectivity index (χ2n) is 15.7. The molecule has 61 heavy (non-hydrogen) atoms. The molecule has 304 valence electrons. The Labute approximate surface area is 365 Å². The molecule has 12 nitrogen and oxygen atoms in total. The summed E-state index contributed by atoms with van der Waals surface area (Å²) in [5.74, 6) is 0.594. The number of carbonyl (C=O) groups is 2. The third kappa shape index (κ3) is 10.1. The summed E-state index contributed by atoms with van der Waals surface area (Å²) in [4.78, 5) is 46.6. The van der Waals surface area contributed by atoms with Crippen LogP contribution in [0, 0.1) is 33.1 Å². The van der Waals surface area contributed by atoms with Gasteiger partial charge in [-0.15, -0.1) is 0 Å². The summed E-state index contributed by atoms with van der Waals surface area (Å²) >= 11 is -7.99. The van der Waals surface area contributed by atoms with Crippen molar-refractivity contribution in [3.63, 3.8) is 0 Å². The Balaban J connectivity index is 1.02. The Morgan fingerprint density at radius 3 is 0.951 bits per heavy atom. The van der Waals surface area contributed by atoms with Gasteiger partial charge in [0.1, 0.15) is 0 Å². The molecular weight excluding hydrogens is 888 g/mol. The molecule has 0 atom stereocenters. The van der Waals surface area contributed by atoms with Crippen LogP contribution in [-0.2, 0) is 16.6 Å². The Morgan fingerprint density at radius 1 is 0.426 bits per heavy atom. The molecule has 0 aliphatic rings. The van der Waals surface area contributed by atoms with E-state index in [1.165, 1.54) is 0 Å². The molecule has 8 aromatic rings. The van der Waals surface area contributed by atoms with Crippen LogP contribution >= 0.6 is 0 Å². The summed E-state index contributed by atoms with van der Waals surface area (Å²) in [6.07, 6.45) is -0.288. The number of aryl methyl sites for hydroxylation is 4. The average Bonchev–Trinajstić information content (AvgIpc) is 3.21. The van der Waals surface area contributed by atoms with Crippen LogP contribution in [0.25, 0.3) is 43.6 Å². The van der Waals surface area contributed by atoms with Crippen LogP contribution in [0.3, 0.4) is 0 Å². The fourth-order valence-electron chi connectivity index (χ4n) is 6.95. The predicted molar refractivity (Wildman–Crippen MR) is 235 cm³/mol. The molecule has 0 aliphatic heterocycles. The second-order valence-corrected chi connectivity index (χ2v) is 21.1. The molecule has 8 rings (SSSR count). The Hall–Kier alpha value is -6.07. The zero-order chi connectivity index (χ0) is 42.7. The number of para-hydroxylation sites is 4. The number of nitrogens with zero attached hydrogens (tertiary/aromatic N) is 4. The minimum atomic E-state index is -4.00. The van der Waals surface area contributed by atoms with Gasteiger partial charge in [-0.1, -0.05) is 0 Å². The molecule has 0 radical (unpaired) electrons. The average molecular weight is 930 g/mol. The van der Waals surface area contributed by atoms with Crippen LogP contribution < -0.4 is 14.1 Å². The summed E-state index contributed by atoms with van der Waals surface area (Å²) in [5.41, 5.74) is 4.82. The first kappa shape index (κ1) is 41.7. The van der Waals surface area contributed by atoms with Gasteiger partial charge >= 0.3 is 368 Å². The van der Waals surface area contributed by atoms with Crippen molar-refractivity contribution in [1.82, 2.24) is 19.9 Å². The van der Waals surface area contributed by atoms with E-state index in [0.29, 0.717) is 45.1 Å². The van der Waals surface area contributed by atoms with Crippen molar-refractivity contribution in [1.29, 1.82) is 0 Å². The van der Waals surface area contributed by atoms with E-state index in [1.807, 2.05) is 125 Å². The van der Waals surface area contributed by atoms with Crippen molar-refractivity contribution < 1.29 is 30.8 Å². The maximum absolute atomic E-state index is 13.9. The van der Waals surface area contributed by atoms with Gasteiger partial charge in [-0.25, -0.2) is 0 Å². The molecular formula is C47H42Ga2N4O8. The molecule has 0 unspecified atom stereocenters. The zero-order valence-corrected chi connectivity index (χ0v) is 39.5. The molecule has 0 saturated carbocycles. The molecule has 4 aromatic heterocycles. The first-order chi connectivity index (χ1) is 29.4. The Kier molecular flexibility index (Phi) is 12.2. The van der Waals surface area contributed by atoms with Crippen molar-refractivity contribution in [2.45, 2.75) is 54.4 Å². The monoisotopic (exact) mass is 928 g/mol. The van der Waals surface area contributed by atoms with E-state index in [9.17, 15) is 9.59 Å². The molecule has 0 amide bonds. The molecule has 0 bridgehead atoms. The summed E-state index contributed by atoms with van der Waals surface area (Å²) in [7, 11) is 0. The minimum absolute atomic E-state index is 0.144. The van der Waals surface area contributed by atoms with Crippen molar-refractivity contribution >= 4 is 90.2 Å². The standard InChI is InChI=1S/4C10H9NO.C7H12O4.2Ga/c4*1-7-5-6-8-3-2-4-9(12)10(8)11-7;1-7(2,3-5(8)9)4-6(10)11;;/h4*2-6,12H,1H3;3-4H2,1-2H3,(H,8,9)(H,10,11);;/q;;;;;2*+3/p-6. The molecule has 0 fully saturated rings. The van der Waals surface area contributed by atoms with E-state index in [4.69, 9.17) is 41.1 Å². The summed E-state index contributed by atoms with van der Waals surface area (Å²) in [6.45, 7) is 11.2. The first-order valence-corrected chi connectivity index (χ1v) is 25.8. The van der Waals surface area contributed by atoms with E-state index in [0.717, 1.165) is 44.3 Å². The molecule has 0 saturated heterocycles. The van der Waals surface area contributed by atoms with E-state index in [1.54, 1.807) is 38.1 Å². The van der Waals surface area contributed by atoms with Gasteiger partial charge in [0, 0.05) is 0 Å². The summed E-state index contributed by atoms with van der Waals surface area (Å²) in [5, 5.41) is 3.47. The third-order valence-electron chi connectivity index (χ3n) is 9.88. The molecule has 0 N–H and O–H groups in total. The molecule has 14 heteroatoms. The number of aromatic nitrogens is 4. The Morgan fingerprint density at radius 2 is 0.689 bits per heavy atom. The van der Waals surface area contributed by atoms with Crippen molar-refractivity contribution in [2.24, 2.45) is 5.41 Å². The van der Waals surface area contributed by atoms with Gasteiger partial charge in [0.05, 0.1) is 0 Å². The van der Waals surface area contributed by atoms with Crippen LogP contribution in [0.2, 0.25) is 0 Å². The normalized spacial score (nSPS) is 11.4. The number of fused-ring (bicyclic) bond motifs is 4. The van der Waals surface area contributed by atoms with Gasteiger partial charge in [0.25, 0.3) is 0 Å². The van der Waals surface area contributed by atoms with Crippen LogP contribution in [0.15, 0.2) is 121 Å². The van der Waals surface area contributed by atoms with Gasteiger partial charge in [-0.05, 0) is 0 Å². The zero-order valence-electron chi connectivity index (χ0n) is 34.7. The maximum atomic E-state index is 13.9. The van der Waals surface area contributed by atoms with Gasteiger partial charge < -0.3 is 0 Å². The molecule has 0 spiro atoms. The number of carbonyl (C=O) groups excluding carboxylic acids is 2. The first-order valence-electron chi connectivity index (χ1n) is 19.9. The molecule has 0 aliphatic carbocycles. The van der Waals surface area contributed by atoms with Gasteiger partial charge in [0.15, 0.2) is 0 Å². The van der Waals surface area contributed by atoms with E-state index in [2.05, 4.69) is 0 Å². The second kappa shape index (κ2) is 17.9. The van der Waals surface area contributed by atoms with Gasteiger partial charge in [0.2, 0.25) is 0 Å². The van der Waals surface area contributed by atoms with Gasteiger partial charge in [-0.3, -0.25) is 0 Å². The van der Waals surface area contributed by atoms with Crippen LogP contribution in [0.5, 0.6) is 23.0 Å². The van der Waals surface area contributed by atoms with E-state index in [-0.39, 0.29) is 12.8 Å².